The summed E-state index contributed by atoms with van der Waals surface area (Å²) in [7, 11) is 0. The van der Waals surface area contributed by atoms with E-state index in [9.17, 15) is 10.1 Å². The van der Waals surface area contributed by atoms with Crippen molar-refractivity contribution in [2.75, 3.05) is 6.54 Å². The average Bonchev–Trinajstić information content (AvgIpc) is 2.49. The lowest BCUT2D eigenvalue weighted by atomic mass is 9.97. The van der Waals surface area contributed by atoms with E-state index in [1.807, 2.05) is 30.3 Å². The number of carbonyl (C=O) groups is 1. The fraction of sp³-hybridized carbons (Fsp3) is 0.529. The van der Waals surface area contributed by atoms with Gasteiger partial charge >= 0.3 is 0 Å². The van der Waals surface area contributed by atoms with Crippen LogP contribution in [0.2, 0.25) is 0 Å². The van der Waals surface area contributed by atoms with Gasteiger partial charge in [-0.25, -0.2) is 0 Å². The van der Waals surface area contributed by atoms with Crippen molar-refractivity contribution in [3.63, 3.8) is 0 Å². The standard InChI is InChI=1S/C17H24N2O/c1-3-5-9-14(4-2)13-19-17(20)16(12-18)15-10-7-6-8-11-15/h6-8,10-11,14,16H,3-5,9,13H2,1-2H3,(H,19,20). The van der Waals surface area contributed by atoms with E-state index >= 15 is 0 Å². The van der Waals surface area contributed by atoms with Crippen molar-refractivity contribution >= 4 is 5.91 Å². The first-order chi connectivity index (χ1) is 9.72. The van der Waals surface area contributed by atoms with Crippen LogP contribution < -0.4 is 5.32 Å². The van der Waals surface area contributed by atoms with Crippen molar-refractivity contribution in [1.29, 1.82) is 5.26 Å². The SMILES string of the molecule is CCCCC(CC)CNC(=O)C(C#N)c1ccccc1. The number of hydrogen-bond donors (Lipinski definition) is 1. The molecule has 0 fully saturated rings. The number of nitriles is 1. The molecule has 2 atom stereocenters. The number of rotatable bonds is 8. The zero-order valence-electron chi connectivity index (χ0n) is 12.4. The van der Waals surface area contributed by atoms with E-state index in [1.165, 1.54) is 12.8 Å². The molecule has 108 valence electrons. The Morgan fingerprint density at radius 2 is 2.00 bits per heavy atom. The van der Waals surface area contributed by atoms with Gasteiger partial charge in [-0.1, -0.05) is 63.4 Å². The summed E-state index contributed by atoms with van der Waals surface area (Å²) in [5.74, 6) is -0.387. The Hall–Kier alpha value is -1.82. The summed E-state index contributed by atoms with van der Waals surface area (Å²) < 4.78 is 0. The van der Waals surface area contributed by atoms with Gasteiger partial charge in [0.25, 0.3) is 0 Å². The van der Waals surface area contributed by atoms with Gasteiger partial charge in [-0.2, -0.15) is 5.26 Å². The van der Waals surface area contributed by atoms with E-state index in [2.05, 4.69) is 25.2 Å². The van der Waals surface area contributed by atoms with Crippen molar-refractivity contribution in [3.05, 3.63) is 35.9 Å². The lowest BCUT2D eigenvalue weighted by Crippen LogP contribution is -2.33. The van der Waals surface area contributed by atoms with Crippen molar-refractivity contribution in [3.8, 4) is 6.07 Å². The summed E-state index contributed by atoms with van der Waals surface area (Å²) in [6.45, 7) is 4.98. The van der Waals surface area contributed by atoms with Gasteiger partial charge in [0.15, 0.2) is 0 Å². The monoisotopic (exact) mass is 272 g/mol. The molecule has 1 aromatic rings. The van der Waals surface area contributed by atoms with Crippen LogP contribution in [0.25, 0.3) is 0 Å². The second-order valence-corrected chi connectivity index (χ2v) is 5.13. The first-order valence-electron chi connectivity index (χ1n) is 7.45. The second kappa shape index (κ2) is 9.14. The molecule has 0 aromatic heterocycles. The Kier molecular flexibility index (Phi) is 7.42. The third kappa shape index (κ3) is 5.05. The normalized spacial score (nSPS) is 13.2. The highest BCUT2D eigenvalue weighted by Crippen LogP contribution is 2.16. The minimum Gasteiger partial charge on any atom is -0.354 e. The number of benzene rings is 1. The van der Waals surface area contributed by atoms with Gasteiger partial charge in [-0.05, 0) is 17.9 Å². The third-order valence-corrected chi connectivity index (χ3v) is 3.63. The van der Waals surface area contributed by atoms with Crippen LogP contribution in [-0.2, 0) is 4.79 Å². The highest BCUT2D eigenvalue weighted by molar-refractivity contribution is 5.86. The summed E-state index contributed by atoms with van der Waals surface area (Å²) >= 11 is 0. The van der Waals surface area contributed by atoms with Crippen molar-refractivity contribution in [1.82, 2.24) is 5.32 Å². The zero-order chi connectivity index (χ0) is 14.8. The molecule has 0 radical (unpaired) electrons. The van der Waals surface area contributed by atoms with E-state index in [1.54, 1.807) is 0 Å². The molecule has 0 saturated heterocycles. The Morgan fingerprint density at radius 1 is 1.30 bits per heavy atom. The molecule has 0 aliphatic carbocycles. The lowest BCUT2D eigenvalue weighted by molar-refractivity contribution is -0.121. The predicted octanol–water partition coefficient (Wildman–Crippen LogP) is 3.63. The molecule has 3 nitrogen and oxygen atoms in total. The topological polar surface area (TPSA) is 52.9 Å². The number of hydrogen-bond acceptors (Lipinski definition) is 2. The molecule has 1 aromatic carbocycles. The fourth-order valence-corrected chi connectivity index (χ4v) is 2.22. The Balaban J connectivity index is 2.54. The molecule has 1 rings (SSSR count). The first kappa shape index (κ1) is 16.2. The van der Waals surface area contributed by atoms with Gasteiger partial charge in [0.2, 0.25) is 5.91 Å². The highest BCUT2D eigenvalue weighted by atomic mass is 16.1. The summed E-state index contributed by atoms with van der Waals surface area (Å²) in [4.78, 5) is 12.1. The van der Waals surface area contributed by atoms with Crippen LogP contribution in [0.1, 0.15) is 51.0 Å². The van der Waals surface area contributed by atoms with Gasteiger partial charge in [0, 0.05) is 6.54 Å². The minimum atomic E-state index is -0.708. The Bertz CT molecular complexity index is 436. The number of unbranched alkanes of at least 4 members (excludes halogenated alkanes) is 1. The molecule has 0 aliphatic heterocycles. The molecular formula is C17H24N2O. The molecule has 0 bridgehead atoms. The van der Waals surface area contributed by atoms with Crippen LogP contribution in [0.4, 0.5) is 0 Å². The van der Waals surface area contributed by atoms with E-state index in [4.69, 9.17) is 0 Å². The largest absolute Gasteiger partial charge is 0.354 e. The van der Waals surface area contributed by atoms with Crippen molar-refractivity contribution in [2.24, 2.45) is 5.92 Å². The highest BCUT2D eigenvalue weighted by Gasteiger charge is 2.20. The van der Waals surface area contributed by atoms with Gasteiger partial charge in [0.05, 0.1) is 6.07 Å². The molecule has 20 heavy (non-hydrogen) atoms. The van der Waals surface area contributed by atoms with E-state index < -0.39 is 5.92 Å². The fourth-order valence-electron chi connectivity index (χ4n) is 2.22. The average molecular weight is 272 g/mol. The van der Waals surface area contributed by atoms with Gasteiger partial charge in [-0.15, -0.1) is 0 Å². The maximum absolute atomic E-state index is 12.1. The van der Waals surface area contributed by atoms with Crippen LogP contribution in [0.15, 0.2) is 30.3 Å². The van der Waals surface area contributed by atoms with Gasteiger partial charge in [0.1, 0.15) is 5.92 Å². The minimum absolute atomic E-state index is 0.186. The van der Waals surface area contributed by atoms with E-state index in [-0.39, 0.29) is 5.91 Å². The number of amides is 1. The van der Waals surface area contributed by atoms with Crippen LogP contribution in [0.5, 0.6) is 0 Å². The molecule has 0 spiro atoms. The number of nitrogens with one attached hydrogen (secondary N) is 1. The molecule has 0 heterocycles. The second-order valence-electron chi connectivity index (χ2n) is 5.13. The zero-order valence-corrected chi connectivity index (χ0v) is 12.4. The maximum Gasteiger partial charge on any atom is 0.241 e. The maximum atomic E-state index is 12.1. The van der Waals surface area contributed by atoms with Crippen LogP contribution >= 0.6 is 0 Å². The molecule has 2 unspecified atom stereocenters. The van der Waals surface area contributed by atoms with Gasteiger partial charge < -0.3 is 5.32 Å². The summed E-state index contributed by atoms with van der Waals surface area (Å²) in [5, 5.41) is 12.1. The van der Waals surface area contributed by atoms with Crippen LogP contribution in [-0.4, -0.2) is 12.5 Å². The summed E-state index contributed by atoms with van der Waals surface area (Å²) in [6, 6.07) is 11.3. The molecule has 1 N–H and O–H groups in total. The molecule has 1 amide bonds. The van der Waals surface area contributed by atoms with Crippen molar-refractivity contribution in [2.45, 2.75) is 45.4 Å². The number of carbonyl (C=O) groups excluding carboxylic acids is 1. The smallest absolute Gasteiger partial charge is 0.241 e. The Morgan fingerprint density at radius 3 is 2.55 bits per heavy atom. The van der Waals surface area contributed by atoms with E-state index in [0.717, 1.165) is 18.4 Å². The third-order valence-electron chi connectivity index (χ3n) is 3.63. The number of nitrogens with zero attached hydrogens (tertiary/aromatic N) is 1. The predicted molar refractivity (Wildman–Crippen MR) is 81.1 cm³/mol. The quantitative estimate of drug-likeness (QED) is 0.785. The van der Waals surface area contributed by atoms with Crippen LogP contribution in [0, 0.1) is 17.2 Å². The Labute approximate surface area is 122 Å². The molecular weight excluding hydrogens is 248 g/mol. The summed E-state index contributed by atoms with van der Waals surface area (Å²) in [6.07, 6.45) is 4.56. The van der Waals surface area contributed by atoms with E-state index in [0.29, 0.717) is 12.5 Å². The molecule has 0 aliphatic rings. The molecule has 3 heteroatoms. The van der Waals surface area contributed by atoms with Crippen molar-refractivity contribution < 1.29 is 4.79 Å². The van der Waals surface area contributed by atoms with Gasteiger partial charge in [-0.3, -0.25) is 4.79 Å². The lowest BCUT2D eigenvalue weighted by Gasteiger charge is -2.17. The molecule has 0 saturated carbocycles. The first-order valence-corrected chi connectivity index (χ1v) is 7.45. The summed E-state index contributed by atoms with van der Waals surface area (Å²) in [5.41, 5.74) is 0.758. The van der Waals surface area contributed by atoms with Crippen LogP contribution in [0.3, 0.4) is 0 Å².